The Balaban J connectivity index is 2.95. The smallest absolute Gasteiger partial charge is 0.185 e. The van der Waals surface area contributed by atoms with Crippen LogP contribution in [0, 0.1) is 0 Å². The number of nitrogens with zero attached hydrogens (tertiary/aromatic N) is 2. The lowest BCUT2D eigenvalue weighted by molar-refractivity contribution is 0.711. The van der Waals surface area contributed by atoms with Gasteiger partial charge in [-0.25, -0.2) is 4.98 Å². The minimum atomic E-state index is 0.494. The number of hydrogen-bond donors (Lipinski definition) is 1. The van der Waals surface area contributed by atoms with E-state index >= 15 is 0 Å². The van der Waals surface area contributed by atoms with Gasteiger partial charge in [-0.15, -0.1) is 11.3 Å². The molecule has 0 aromatic carbocycles. The molecule has 1 heterocycles. The van der Waals surface area contributed by atoms with Crippen molar-refractivity contribution in [1.29, 1.82) is 0 Å². The number of nitrogens with one attached hydrogen (secondary N) is 1. The first-order chi connectivity index (χ1) is 7.97. The summed E-state index contributed by atoms with van der Waals surface area (Å²) in [5, 5.41) is 4.53. The first-order valence-electron chi connectivity index (χ1n) is 6.40. The van der Waals surface area contributed by atoms with Crippen molar-refractivity contribution in [3.8, 4) is 0 Å². The number of aromatic nitrogens is 1. The summed E-state index contributed by atoms with van der Waals surface area (Å²) in [6.07, 6.45) is 0. The molecule has 17 heavy (non-hydrogen) atoms. The molecule has 1 aromatic heterocycles. The van der Waals surface area contributed by atoms with Crippen LogP contribution in [0.1, 0.15) is 51.1 Å². The monoisotopic (exact) mass is 255 g/mol. The maximum atomic E-state index is 4.79. The fourth-order valence-corrected chi connectivity index (χ4v) is 2.82. The van der Waals surface area contributed by atoms with Gasteiger partial charge in [0.1, 0.15) is 0 Å². The lowest BCUT2D eigenvalue weighted by Crippen LogP contribution is -2.25. The Morgan fingerprint density at radius 3 is 2.41 bits per heavy atom. The molecule has 0 saturated heterocycles. The van der Waals surface area contributed by atoms with Gasteiger partial charge < -0.3 is 10.2 Å². The molecular weight excluding hydrogens is 230 g/mol. The van der Waals surface area contributed by atoms with Gasteiger partial charge in [-0.2, -0.15) is 0 Å². The molecule has 98 valence electrons. The van der Waals surface area contributed by atoms with Crippen LogP contribution in [0.4, 0.5) is 5.13 Å². The van der Waals surface area contributed by atoms with Gasteiger partial charge in [0, 0.05) is 24.5 Å². The van der Waals surface area contributed by atoms with Crippen molar-refractivity contribution in [2.24, 2.45) is 0 Å². The van der Waals surface area contributed by atoms with Gasteiger partial charge in [0.25, 0.3) is 0 Å². The van der Waals surface area contributed by atoms with Crippen LogP contribution in [0.5, 0.6) is 0 Å². The van der Waals surface area contributed by atoms with Gasteiger partial charge in [-0.1, -0.05) is 20.8 Å². The molecule has 0 saturated carbocycles. The van der Waals surface area contributed by atoms with E-state index in [9.17, 15) is 0 Å². The van der Waals surface area contributed by atoms with E-state index in [2.05, 4.69) is 51.9 Å². The van der Waals surface area contributed by atoms with E-state index in [1.807, 2.05) is 11.3 Å². The predicted molar refractivity (Wildman–Crippen MR) is 77.1 cm³/mol. The Morgan fingerprint density at radius 2 is 1.94 bits per heavy atom. The molecule has 4 heteroatoms. The summed E-state index contributed by atoms with van der Waals surface area (Å²) in [5.74, 6) is 0.495. The maximum Gasteiger partial charge on any atom is 0.185 e. The molecule has 0 amide bonds. The van der Waals surface area contributed by atoms with Gasteiger partial charge in [-0.05, 0) is 26.3 Å². The third kappa shape index (κ3) is 3.68. The molecule has 0 atom stereocenters. The summed E-state index contributed by atoms with van der Waals surface area (Å²) < 4.78 is 0. The Kier molecular flexibility index (Phi) is 5.40. The number of rotatable bonds is 6. The Bertz CT molecular complexity index is 344. The van der Waals surface area contributed by atoms with Gasteiger partial charge in [0.05, 0.1) is 5.69 Å². The minimum absolute atomic E-state index is 0.494. The minimum Gasteiger partial charge on any atom is -0.349 e. The van der Waals surface area contributed by atoms with E-state index in [4.69, 9.17) is 4.98 Å². The highest BCUT2D eigenvalue weighted by Gasteiger charge is 2.17. The van der Waals surface area contributed by atoms with Gasteiger partial charge in [0.2, 0.25) is 0 Å². The molecule has 3 nitrogen and oxygen atoms in total. The Hall–Kier alpha value is -0.610. The average Bonchev–Trinajstić information content (AvgIpc) is 2.69. The molecular formula is C13H25N3S. The van der Waals surface area contributed by atoms with Crippen LogP contribution in [0.3, 0.4) is 0 Å². The Morgan fingerprint density at radius 1 is 1.29 bits per heavy atom. The second-order valence-electron chi connectivity index (χ2n) is 4.94. The van der Waals surface area contributed by atoms with Crippen LogP contribution in [0.25, 0.3) is 0 Å². The first kappa shape index (κ1) is 14.5. The second kappa shape index (κ2) is 6.36. The molecule has 0 aliphatic carbocycles. The molecule has 0 spiro atoms. The van der Waals surface area contributed by atoms with Crippen LogP contribution in [0.15, 0.2) is 0 Å². The number of hydrogen-bond acceptors (Lipinski definition) is 4. The standard InChI is InChI=1S/C13H25N3S/c1-7-14-8-11-12(9(2)3)15-13(17-11)16(6)10(4)5/h9-10,14H,7-8H2,1-6H3. The zero-order valence-corrected chi connectivity index (χ0v) is 12.7. The van der Waals surface area contributed by atoms with Crippen molar-refractivity contribution < 1.29 is 0 Å². The third-order valence-electron chi connectivity index (χ3n) is 2.88. The SMILES string of the molecule is CCNCc1sc(N(C)C(C)C)nc1C(C)C. The second-order valence-corrected chi connectivity index (χ2v) is 6.01. The third-order valence-corrected chi connectivity index (χ3v) is 4.04. The summed E-state index contributed by atoms with van der Waals surface area (Å²) in [4.78, 5) is 8.41. The van der Waals surface area contributed by atoms with Gasteiger partial charge in [0.15, 0.2) is 5.13 Å². The fourth-order valence-electron chi connectivity index (χ4n) is 1.54. The van der Waals surface area contributed by atoms with Crippen LogP contribution >= 0.6 is 11.3 Å². The lowest BCUT2D eigenvalue weighted by atomic mass is 10.1. The molecule has 0 aliphatic rings. The molecule has 0 bridgehead atoms. The summed E-state index contributed by atoms with van der Waals surface area (Å²) in [6, 6.07) is 0.494. The van der Waals surface area contributed by atoms with Gasteiger partial charge >= 0.3 is 0 Å². The highest BCUT2D eigenvalue weighted by Crippen LogP contribution is 2.30. The summed E-state index contributed by atoms with van der Waals surface area (Å²) in [7, 11) is 2.12. The summed E-state index contributed by atoms with van der Waals surface area (Å²) >= 11 is 1.82. The highest BCUT2D eigenvalue weighted by atomic mass is 32.1. The predicted octanol–water partition coefficient (Wildman–Crippen LogP) is 3.22. The van der Waals surface area contributed by atoms with E-state index in [-0.39, 0.29) is 0 Å². The van der Waals surface area contributed by atoms with E-state index in [0.29, 0.717) is 12.0 Å². The van der Waals surface area contributed by atoms with Gasteiger partial charge in [-0.3, -0.25) is 0 Å². The highest BCUT2D eigenvalue weighted by molar-refractivity contribution is 7.15. The van der Waals surface area contributed by atoms with E-state index in [1.165, 1.54) is 10.6 Å². The number of thiazole rings is 1. The van der Waals surface area contributed by atoms with E-state index < -0.39 is 0 Å². The van der Waals surface area contributed by atoms with Crippen LogP contribution < -0.4 is 10.2 Å². The van der Waals surface area contributed by atoms with Crippen molar-refractivity contribution in [3.05, 3.63) is 10.6 Å². The van der Waals surface area contributed by atoms with Crippen molar-refractivity contribution in [3.63, 3.8) is 0 Å². The van der Waals surface area contributed by atoms with Crippen molar-refractivity contribution >= 4 is 16.5 Å². The zero-order chi connectivity index (χ0) is 13.0. The molecule has 1 rings (SSSR count). The van der Waals surface area contributed by atoms with E-state index in [0.717, 1.165) is 18.2 Å². The molecule has 0 radical (unpaired) electrons. The molecule has 0 unspecified atom stereocenters. The molecule has 0 fully saturated rings. The van der Waals surface area contributed by atoms with Crippen LogP contribution in [0.2, 0.25) is 0 Å². The Labute approximate surface area is 109 Å². The summed E-state index contributed by atoms with van der Waals surface area (Å²) in [6.45, 7) is 12.9. The van der Waals surface area contributed by atoms with Crippen molar-refractivity contribution in [2.75, 3.05) is 18.5 Å². The zero-order valence-electron chi connectivity index (χ0n) is 11.9. The molecule has 0 aliphatic heterocycles. The normalized spacial score (nSPS) is 11.5. The topological polar surface area (TPSA) is 28.2 Å². The number of anilines is 1. The van der Waals surface area contributed by atoms with Crippen LogP contribution in [-0.2, 0) is 6.54 Å². The molecule has 1 N–H and O–H groups in total. The maximum absolute atomic E-state index is 4.79. The quantitative estimate of drug-likeness (QED) is 0.846. The van der Waals surface area contributed by atoms with Crippen LogP contribution in [-0.4, -0.2) is 24.6 Å². The first-order valence-corrected chi connectivity index (χ1v) is 7.22. The average molecular weight is 255 g/mol. The van der Waals surface area contributed by atoms with E-state index in [1.54, 1.807) is 0 Å². The van der Waals surface area contributed by atoms with Crippen molar-refractivity contribution in [2.45, 2.75) is 53.1 Å². The van der Waals surface area contributed by atoms with Crippen molar-refractivity contribution in [1.82, 2.24) is 10.3 Å². The summed E-state index contributed by atoms with van der Waals surface area (Å²) in [5.41, 5.74) is 1.25. The molecule has 1 aromatic rings. The fraction of sp³-hybridized carbons (Fsp3) is 0.769. The lowest BCUT2D eigenvalue weighted by Gasteiger charge is -2.19. The largest absolute Gasteiger partial charge is 0.349 e.